The molecule has 0 bridgehead atoms. The molecule has 0 aliphatic carbocycles. The van der Waals surface area contributed by atoms with E-state index in [-0.39, 0.29) is 6.04 Å². The molecule has 1 aromatic rings. The molecule has 0 amide bonds. The minimum absolute atomic E-state index is 0.264. The van der Waals surface area contributed by atoms with Crippen molar-refractivity contribution in [3.63, 3.8) is 0 Å². The molecule has 2 unspecified atom stereocenters. The summed E-state index contributed by atoms with van der Waals surface area (Å²) in [4.78, 5) is 6.70. The van der Waals surface area contributed by atoms with Crippen LogP contribution in [0.3, 0.4) is 0 Å². The van der Waals surface area contributed by atoms with Crippen molar-refractivity contribution in [2.45, 2.75) is 39.6 Å². The lowest BCUT2D eigenvalue weighted by Gasteiger charge is -2.23. The van der Waals surface area contributed by atoms with Gasteiger partial charge in [0.15, 0.2) is 0 Å². The quantitative estimate of drug-likeness (QED) is 0.777. The maximum absolute atomic E-state index is 12.8. The van der Waals surface area contributed by atoms with Gasteiger partial charge in [-0.1, -0.05) is 18.2 Å². The molecule has 0 radical (unpaired) electrons. The van der Waals surface area contributed by atoms with Crippen LogP contribution in [0.1, 0.15) is 32.8 Å². The number of allylic oxidation sites excluding steroid dienone is 2. The lowest BCUT2D eigenvalue weighted by Crippen LogP contribution is -2.31. The minimum atomic E-state index is -1.30. The van der Waals surface area contributed by atoms with E-state index >= 15 is 0 Å². The lowest BCUT2D eigenvalue weighted by atomic mass is 10.00. The third-order valence-electron chi connectivity index (χ3n) is 3.76. The molecule has 0 fully saturated rings. The summed E-state index contributed by atoms with van der Waals surface area (Å²) in [6.07, 6.45) is 5.53. The highest BCUT2D eigenvalue weighted by atomic mass is 19.1. The Morgan fingerprint density at radius 2 is 1.95 bits per heavy atom. The van der Waals surface area contributed by atoms with Crippen LogP contribution >= 0.6 is 0 Å². The van der Waals surface area contributed by atoms with Gasteiger partial charge in [0, 0.05) is 32.3 Å². The number of alkyl halides is 1. The Morgan fingerprint density at radius 3 is 2.55 bits per heavy atom. The fourth-order valence-electron chi connectivity index (χ4n) is 2.41. The van der Waals surface area contributed by atoms with Crippen molar-refractivity contribution in [3.05, 3.63) is 48.3 Å². The number of halogens is 1. The number of hydrogen-bond acceptors (Lipinski definition) is 3. The zero-order valence-electron chi connectivity index (χ0n) is 13.6. The summed E-state index contributed by atoms with van der Waals surface area (Å²) in [5, 5.41) is 0. The Kier molecular flexibility index (Phi) is 5.36. The van der Waals surface area contributed by atoms with Crippen LogP contribution in [0.2, 0.25) is 0 Å². The smallest absolute Gasteiger partial charge is 0.235 e. The van der Waals surface area contributed by atoms with Gasteiger partial charge in [-0.05, 0) is 43.3 Å². The van der Waals surface area contributed by atoms with Crippen LogP contribution in [0.25, 0.3) is 5.57 Å². The van der Waals surface area contributed by atoms with Crippen molar-refractivity contribution >= 4 is 11.3 Å². The molecular formula is C18H23FN2O. The van der Waals surface area contributed by atoms with E-state index in [1.54, 1.807) is 12.1 Å². The molecule has 22 heavy (non-hydrogen) atoms. The van der Waals surface area contributed by atoms with Gasteiger partial charge in [0.1, 0.15) is 5.75 Å². The van der Waals surface area contributed by atoms with Crippen molar-refractivity contribution in [1.82, 2.24) is 4.90 Å². The molecule has 118 valence electrons. The molecule has 1 aromatic carbocycles. The van der Waals surface area contributed by atoms with Gasteiger partial charge in [-0.2, -0.15) is 0 Å². The van der Waals surface area contributed by atoms with Gasteiger partial charge in [0.2, 0.25) is 6.36 Å². The van der Waals surface area contributed by atoms with Crippen molar-refractivity contribution in [3.8, 4) is 5.75 Å². The van der Waals surface area contributed by atoms with Crippen LogP contribution in [0.4, 0.5) is 4.39 Å². The predicted molar refractivity (Wildman–Crippen MR) is 89.7 cm³/mol. The Morgan fingerprint density at radius 1 is 1.27 bits per heavy atom. The van der Waals surface area contributed by atoms with Crippen molar-refractivity contribution in [2.24, 2.45) is 4.99 Å². The third kappa shape index (κ3) is 3.97. The van der Waals surface area contributed by atoms with Gasteiger partial charge in [0.05, 0.1) is 6.04 Å². The number of nitrogens with zero attached hydrogens (tertiary/aromatic N) is 2. The Labute approximate surface area is 131 Å². The monoisotopic (exact) mass is 302 g/mol. The van der Waals surface area contributed by atoms with Crippen LogP contribution in [0.5, 0.6) is 5.75 Å². The van der Waals surface area contributed by atoms with Crippen LogP contribution in [0.15, 0.2) is 47.7 Å². The van der Waals surface area contributed by atoms with Crippen molar-refractivity contribution < 1.29 is 9.13 Å². The second-order valence-electron chi connectivity index (χ2n) is 5.46. The highest BCUT2D eigenvalue weighted by molar-refractivity contribution is 6.01. The third-order valence-corrected chi connectivity index (χ3v) is 3.76. The topological polar surface area (TPSA) is 24.8 Å². The van der Waals surface area contributed by atoms with E-state index in [2.05, 4.69) is 30.1 Å². The first-order chi connectivity index (χ1) is 10.5. The number of hydrogen-bond donors (Lipinski definition) is 0. The van der Waals surface area contributed by atoms with Crippen LogP contribution in [-0.2, 0) is 0 Å². The molecule has 1 aliphatic rings. The minimum Gasteiger partial charge on any atom is -0.461 e. The van der Waals surface area contributed by atoms with Gasteiger partial charge in [-0.25, -0.2) is 4.39 Å². The van der Waals surface area contributed by atoms with Crippen LogP contribution in [-0.4, -0.2) is 30.1 Å². The van der Waals surface area contributed by atoms with E-state index in [1.165, 1.54) is 12.5 Å². The van der Waals surface area contributed by atoms with Gasteiger partial charge in [-0.3, -0.25) is 4.99 Å². The molecule has 0 spiro atoms. The summed E-state index contributed by atoms with van der Waals surface area (Å²) in [7, 11) is 2.05. The normalized spacial score (nSPS) is 17.1. The molecule has 0 saturated carbocycles. The first kappa shape index (κ1) is 16.3. The molecule has 1 heterocycles. The number of benzene rings is 1. The van der Waals surface area contributed by atoms with E-state index in [1.807, 2.05) is 31.3 Å². The van der Waals surface area contributed by atoms with E-state index in [0.717, 1.165) is 17.7 Å². The fraction of sp³-hybridized carbons (Fsp3) is 0.389. The van der Waals surface area contributed by atoms with E-state index < -0.39 is 6.36 Å². The van der Waals surface area contributed by atoms with Crippen LogP contribution in [0, 0.1) is 0 Å². The zero-order chi connectivity index (χ0) is 16.1. The first-order valence-electron chi connectivity index (χ1n) is 7.52. The van der Waals surface area contributed by atoms with E-state index in [4.69, 9.17) is 4.74 Å². The summed E-state index contributed by atoms with van der Waals surface area (Å²) < 4.78 is 17.8. The molecule has 2 atom stereocenters. The summed E-state index contributed by atoms with van der Waals surface area (Å²) in [6, 6.07) is 7.74. The summed E-state index contributed by atoms with van der Waals surface area (Å²) in [6.45, 7) is 5.52. The zero-order valence-corrected chi connectivity index (χ0v) is 13.6. The number of aliphatic imine (C=N–C) groups is 1. The average molecular weight is 302 g/mol. The fourth-order valence-corrected chi connectivity index (χ4v) is 2.41. The number of rotatable bonds is 6. The maximum atomic E-state index is 12.8. The molecule has 0 aromatic heterocycles. The second kappa shape index (κ2) is 7.25. The molecule has 3 nitrogen and oxygen atoms in total. The van der Waals surface area contributed by atoms with Crippen molar-refractivity contribution in [1.29, 1.82) is 0 Å². The van der Waals surface area contributed by atoms with Gasteiger partial charge in [-0.15, -0.1) is 0 Å². The van der Waals surface area contributed by atoms with Gasteiger partial charge < -0.3 is 9.64 Å². The van der Waals surface area contributed by atoms with Gasteiger partial charge in [0.25, 0.3) is 0 Å². The van der Waals surface area contributed by atoms with E-state index in [9.17, 15) is 4.39 Å². The molecule has 0 saturated heterocycles. The SMILES string of the molecule is C/C=C\N(C)C(C)C1=NC=C(c2ccc(OC(C)F)cc2)C1. The number of ether oxygens (including phenoxy) is 1. The molecule has 2 rings (SSSR count). The lowest BCUT2D eigenvalue weighted by molar-refractivity contribution is 0.0860. The summed E-state index contributed by atoms with van der Waals surface area (Å²) in [5.41, 5.74) is 3.42. The highest BCUT2D eigenvalue weighted by Gasteiger charge is 2.19. The van der Waals surface area contributed by atoms with Gasteiger partial charge >= 0.3 is 0 Å². The summed E-state index contributed by atoms with van der Waals surface area (Å²) >= 11 is 0. The molecule has 1 aliphatic heterocycles. The Hall–Kier alpha value is -2.10. The standard InChI is InChI=1S/C18H23FN2O/c1-5-10-21(4)13(2)18-11-16(12-20-18)15-6-8-17(9-7-15)22-14(3)19/h5-10,12-14H,11H2,1-4H3/b10-5-. The van der Waals surface area contributed by atoms with Crippen molar-refractivity contribution in [2.75, 3.05) is 7.05 Å². The summed E-state index contributed by atoms with van der Waals surface area (Å²) in [5.74, 6) is 0.541. The molecular weight excluding hydrogens is 279 g/mol. The molecule has 0 N–H and O–H groups in total. The maximum Gasteiger partial charge on any atom is 0.235 e. The van der Waals surface area contributed by atoms with Crippen LogP contribution < -0.4 is 4.74 Å². The highest BCUT2D eigenvalue weighted by Crippen LogP contribution is 2.27. The largest absolute Gasteiger partial charge is 0.461 e. The second-order valence-corrected chi connectivity index (χ2v) is 5.46. The molecule has 4 heteroatoms. The Bertz CT molecular complexity index is 588. The predicted octanol–water partition coefficient (Wildman–Crippen LogP) is 4.42. The average Bonchev–Trinajstić information content (AvgIpc) is 2.96. The Balaban J connectivity index is 1.99. The first-order valence-corrected chi connectivity index (χ1v) is 7.52. The van der Waals surface area contributed by atoms with E-state index in [0.29, 0.717) is 5.75 Å².